The van der Waals surface area contributed by atoms with Crippen LogP contribution in [0.15, 0.2) is 159 Å². The Hall–Kier alpha value is -12.2. The second kappa shape index (κ2) is 39.0. The standard InChI is InChI=1S/C18H16ClN5O2.C17H14ClN5O2.C13H13ClN6O2S.C13H15ClN6OS.C12H9ClFN5/c19-17-22-15(20-11-13-7-4-9-25-13)14-16(23-17)24-18(21-14)26-10-8-12-5-2-1-3-6-12;18-16-21-14(19-9-12-7-4-8-24-12)13-15(22-16)23-17(20-13)25-10-11-5-2-1-3-6-11;14-12-18-10(15-3-7-5-23-6-16-7)9-11(19-12)20-13(17-9)22-4-8-1-2-21-8;1-7(2)6-21-13-17-9-10(16-5-8-15-3-4-22-8)18-12(14)19-11(9)20-13;13-12-18-10-8(4-5-15-10)11(19-12)16-6-7-2-1-3-9(14)17-7/h1-7,9H,8,10-11H2,(H2,20,21,22,23,24);1-8H,9-10H2,(H2,19,20,21,22,23);5-6,8H,1-4H2,(H2,15,17,18,19,20);3-4,7H,5-6H2,1-2H3,(H2,16,17,18,19,20);1-5H,6H2,(H2,15,16,18,19). The highest BCUT2D eigenvalue weighted by Gasteiger charge is 2.22. The number of rotatable bonds is 28. The molecule has 0 bridgehead atoms. The van der Waals surface area contributed by atoms with E-state index in [4.69, 9.17) is 90.5 Å². The number of pyridine rings is 1. The lowest BCUT2D eigenvalue weighted by Crippen LogP contribution is -2.32. The molecule has 115 heavy (non-hydrogen) atoms. The number of furan rings is 2. The van der Waals surface area contributed by atoms with Crippen molar-refractivity contribution < 1.29 is 36.9 Å². The number of benzene rings is 2. The highest BCUT2D eigenvalue weighted by molar-refractivity contribution is 7.09. The molecule has 18 rings (SSSR count). The maximum atomic E-state index is 13.0. The predicted molar refractivity (Wildman–Crippen MR) is 435 cm³/mol. The molecule has 15 aromatic heterocycles. The van der Waals surface area contributed by atoms with Crippen LogP contribution < -0.4 is 45.5 Å². The summed E-state index contributed by atoms with van der Waals surface area (Å²) < 4.78 is 51.5. The van der Waals surface area contributed by atoms with E-state index < -0.39 is 5.95 Å². The van der Waals surface area contributed by atoms with E-state index >= 15 is 0 Å². The summed E-state index contributed by atoms with van der Waals surface area (Å²) in [6.45, 7) is 9.25. The van der Waals surface area contributed by atoms with Gasteiger partial charge in [0.15, 0.2) is 45.9 Å². The van der Waals surface area contributed by atoms with Gasteiger partial charge >= 0.3 is 0 Å². The number of hydrogen-bond acceptors (Lipinski definition) is 31. The number of nitrogens with zero attached hydrogens (tertiary/aromatic N) is 17. The molecule has 42 heteroatoms. The summed E-state index contributed by atoms with van der Waals surface area (Å²) in [5.41, 5.74) is 10.6. The number of imidazole rings is 4. The highest BCUT2D eigenvalue weighted by atomic mass is 35.5. The molecule has 1 fully saturated rings. The zero-order valence-corrected chi connectivity index (χ0v) is 66.0. The molecule has 1 aliphatic rings. The highest BCUT2D eigenvalue weighted by Crippen LogP contribution is 2.30. The normalized spacial score (nSPS) is 12.2. The lowest BCUT2D eigenvalue weighted by Gasteiger charge is -2.25. The van der Waals surface area contributed by atoms with Gasteiger partial charge in [-0.05, 0) is 118 Å². The molecule has 34 nitrogen and oxygen atoms in total. The number of aromatic nitrogens is 22. The molecule has 1 unspecified atom stereocenters. The first kappa shape index (κ1) is 79.4. The molecule has 1 aliphatic heterocycles. The molecule has 2 aromatic carbocycles. The Morgan fingerprint density at radius 1 is 0.504 bits per heavy atom. The maximum Gasteiger partial charge on any atom is 0.296 e. The van der Waals surface area contributed by atoms with Crippen LogP contribution >= 0.6 is 80.7 Å². The average molecular weight is 1690 g/mol. The van der Waals surface area contributed by atoms with Crippen LogP contribution in [0.5, 0.6) is 24.0 Å². The monoisotopic (exact) mass is 1690 g/mol. The van der Waals surface area contributed by atoms with Crippen molar-refractivity contribution in [3.05, 3.63) is 222 Å². The number of nitrogens with one attached hydrogen (secondary N) is 10. The van der Waals surface area contributed by atoms with Crippen LogP contribution in [-0.2, 0) is 50.5 Å². The minimum absolute atomic E-state index is 0.107. The van der Waals surface area contributed by atoms with Gasteiger partial charge in [-0.3, -0.25) is 0 Å². The molecule has 1 saturated heterocycles. The van der Waals surface area contributed by atoms with Crippen molar-refractivity contribution in [2.24, 2.45) is 5.92 Å². The van der Waals surface area contributed by atoms with Gasteiger partial charge in [0.25, 0.3) is 24.0 Å². The summed E-state index contributed by atoms with van der Waals surface area (Å²) >= 11 is 32.8. The Morgan fingerprint density at radius 2 is 1.02 bits per heavy atom. The molecule has 17 aromatic rings. The molecule has 1 atom stereocenters. The molecule has 0 spiro atoms. The van der Waals surface area contributed by atoms with Crippen LogP contribution in [0.2, 0.25) is 26.4 Å². The molecule has 0 aliphatic carbocycles. The number of halogens is 6. The second-order valence-corrected chi connectivity index (χ2v) is 28.2. The molecule has 0 amide bonds. The number of fused-ring (bicyclic) bond motifs is 5. The summed E-state index contributed by atoms with van der Waals surface area (Å²) in [6, 6.07) is 35.4. The number of aromatic amines is 5. The third-order valence-electron chi connectivity index (χ3n) is 16.1. The maximum absolute atomic E-state index is 13.0. The van der Waals surface area contributed by atoms with E-state index in [2.05, 4.69) is 162 Å². The van der Waals surface area contributed by atoms with Gasteiger partial charge in [-0.1, -0.05) is 80.6 Å². The zero-order valence-electron chi connectivity index (χ0n) is 60.6. The van der Waals surface area contributed by atoms with Crippen LogP contribution in [0, 0.1) is 11.9 Å². The third-order valence-corrected chi connectivity index (χ3v) is 18.3. The van der Waals surface area contributed by atoms with E-state index in [1.54, 1.807) is 65.2 Å². The fraction of sp³-hybridized carbons (Fsp3) is 0.219. The molecule has 0 radical (unpaired) electrons. The predicted octanol–water partition coefficient (Wildman–Crippen LogP) is 15.7. The Morgan fingerprint density at radius 3 is 1.53 bits per heavy atom. The average Bonchev–Trinajstić information content (AvgIpc) is 1.69. The van der Waals surface area contributed by atoms with Crippen molar-refractivity contribution >= 4 is 165 Å². The largest absolute Gasteiger partial charge is 0.467 e. The third kappa shape index (κ3) is 22.6. The number of thiazole rings is 2. The Labute approximate surface area is 684 Å². The number of ether oxygens (including phenoxy) is 5. The minimum atomic E-state index is -0.508. The second-order valence-electron chi connectivity index (χ2n) is 24.8. The van der Waals surface area contributed by atoms with E-state index in [9.17, 15) is 4.39 Å². The lowest BCUT2D eigenvalue weighted by molar-refractivity contribution is -0.0732. The van der Waals surface area contributed by atoms with Gasteiger partial charge < -0.3 is 84.0 Å². The number of H-pyrrole nitrogens is 5. The van der Waals surface area contributed by atoms with E-state index in [0.29, 0.717) is 174 Å². The van der Waals surface area contributed by atoms with Crippen molar-refractivity contribution in [2.45, 2.75) is 72.1 Å². The van der Waals surface area contributed by atoms with Crippen molar-refractivity contribution in [3.63, 3.8) is 0 Å². The van der Waals surface area contributed by atoms with E-state index in [1.807, 2.05) is 89.6 Å². The summed E-state index contributed by atoms with van der Waals surface area (Å²) in [6.07, 6.45) is 8.68. The first-order chi connectivity index (χ1) is 56.2. The van der Waals surface area contributed by atoms with E-state index in [1.165, 1.54) is 11.6 Å². The van der Waals surface area contributed by atoms with Gasteiger partial charge in [-0.15, -0.1) is 22.7 Å². The minimum Gasteiger partial charge on any atom is -0.467 e. The first-order valence-corrected chi connectivity index (χ1v) is 38.9. The topological polar surface area (TPSA) is 431 Å². The van der Waals surface area contributed by atoms with Crippen molar-refractivity contribution in [2.75, 3.05) is 53.0 Å². The molecule has 590 valence electrons. The zero-order chi connectivity index (χ0) is 79.2. The quantitative estimate of drug-likeness (QED) is 0.0161. The molecular weight excluding hydrogens is 1630 g/mol. The smallest absolute Gasteiger partial charge is 0.296 e. The van der Waals surface area contributed by atoms with Crippen LogP contribution in [0.1, 0.15) is 59.3 Å². The fourth-order valence-electron chi connectivity index (χ4n) is 10.6. The fourth-order valence-corrected chi connectivity index (χ4v) is 12.5. The molecule has 10 N–H and O–H groups in total. The van der Waals surface area contributed by atoms with Crippen LogP contribution in [0.25, 0.3) is 55.7 Å². The lowest BCUT2D eigenvalue weighted by atomic mass is 10.2. The van der Waals surface area contributed by atoms with E-state index in [-0.39, 0.29) is 32.5 Å². The molecule has 0 saturated carbocycles. The van der Waals surface area contributed by atoms with Crippen LogP contribution in [0.4, 0.5) is 33.5 Å². The SMILES string of the molecule is CC(C)COc1nc2nc(Cl)nc(NCc3nccs3)c2[nH]1.Clc1nc(NCc2ccco2)c2[nH]c(OCCc3ccccc3)nc2n1.Clc1nc(NCc2ccco2)c2[nH]c(OCc3ccccc3)nc2n1.Clc1nc(NCc2cscn2)c2[nH]c(OCC3CCO3)nc2n1.Fc1cccc(CNc2nc(Cl)nc3[nH]ccc23)n1. The van der Waals surface area contributed by atoms with E-state index in [0.717, 1.165) is 52.6 Å². The van der Waals surface area contributed by atoms with Crippen LogP contribution in [0.3, 0.4) is 0 Å². The summed E-state index contributed by atoms with van der Waals surface area (Å²) in [7, 11) is 0. The van der Waals surface area contributed by atoms with Crippen molar-refractivity contribution in [1.82, 2.24) is 110 Å². The molecule has 16 heterocycles. The summed E-state index contributed by atoms with van der Waals surface area (Å²) in [5, 5.41) is 22.1. The van der Waals surface area contributed by atoms with Crippen molar-refractivity contribution in [3.8, 4) is 24.0 Å². The van der Waals surface area contributed by atoms with Gasteiger partial charge in [0.05, 0.1) is 86.9 Å². The van der Waals surface area contributed by atoms with Gasteiger partial charge in [0.2, 0.25) is 32.4 Å². The number of hydrogen-bond donors (Lipinski definition) is 10. The molecular formula is C73H67Cl5FN27O7S2. The summed E-state index contributed by atoms with van der Waals surface area (Å²) in [5.74, 6) is 4.27. The summed E-state index contributed by atoms with van der Waals surface area (Å²) in [4.78, 5) is 86.2. The van der Waals surface area contributed by atoms with Gasteiger partial charge in [-0.25, -0.2) is 19.9 Å². The van der Waals surface area contributed by atoms with Gasteiger partial charge in [0.1, 0.15) is 63.3 Å². The first-order valence-electron chi connectivity index (χ1n) is 35.2. The van der Waals surface area contributed by atoms with Gasteiger partial charge in [-0.2, -0.15) is 69.2 Å². The van der Waals surface area contributed by atoms with Gasteiger partial charge in [0, 0.05) is 42.6 Å². The van der Waals surface area contributed by atoms with Crippen LogP contribution in [-0.4, -0.2) is 142 Å². The van der Waals surface area contributed by atoms with Crippen molar-refractivity contribution in [1.29, 1.82) is 0 Å². The number of anilines is 5. The Kier molecular flexibility index (Phi) is 26.9. The Bertz CT molecular complexity index is 5910. The Balaban J connectivity index is 0.000000119.